The van der Waals surface area contributed by atoms with Crippen molar-refractivity contribution in [1.82, 2.24) is 10.4 Å². The fraction of sp³-hybridized carbons (Fsp3) is 0.294. The smallest absolute Gasteiger partial charge is 0.276 e. The summed E-state index contributed by atoms with van der Waals surface area (Å²) in [5.41, 5.74) is 3.79. The standard InChI is InChI=1S/C17H18N2O4/c1-9(2)18-19-16(20)10-5-7-12(22-3)15-13(23-4)8-6-11(14(10)15)17(19)21/h5-9,18H,1-4H3. The Morgan fingerprint density at radius 1 is 0.870 bits per heavy atom. The molecule has 6 nitrogen and oxygen atoms in total. The summed E-state index contributed by atoms with van der Waals surface area (Å²) in [7, 11) is 3.09. The van der Waals surface area contributed by atoms with Gasteiger partial charge in [-0.15, -0.1) is 0 Å². The number of ether oxygens (including phenoxy) is 2. The molecule has 0 saturated heterocycles. The van der Waals surface area contributed by atoms with Crippen LogP contribution in [0.1, 0.15) is 34.6 Å². The highest BCUT2D eigenvalue weighted by Gasteiger charge is 2.35. The zero-order valence-corrected chi connectivity index (χ0v) is 13.5. The highest BCUT2D eigenvalue weighted by atomic mass is 16.5. The predicted molar refractivity (Wildman–Crippen MR) is 85.8 cm³/mol. The van der Waals surface area contributed by atoms with Crippen LogP contribution in [0, 0.1) is 0 Å². The molecule has 0 saturated carbocycles. The Hall–Kier alpha value is -2.60. The number of carbonyl (C=O) groups is 2. The average Bonchev–Trinajstić information content (AvgIpc) is 2.55. The SMILES string of the molecule is COc1ccc2c3c(ccc(OC)c13)C(=O)N(NC(C)C)C2=O. The van der Waals surface area contributed by atoms with E-state index in [1.807, 2.05) is 13.8 Å². The highest BCUT2D eigenvalue weighted by Crippen LogP contribution is 2.40. The Kier molecular flexibility index (Phi) is 3.69. The zero-order valence-electron chi connectivity index (χ0n) is 13.5. The summed E-state index contributed by atoms with van der Waals surface area (Å²) >= 11 is 0. The number of nitrogens with zero attached hydrogens (tertiary/aromatic N) is 1. The van der Waals surface area contributed by atoms with Gasteiger partial charge in [0, 0.05) is 11.4 Å². The fourth-order valence-electron chi connectivity index (χ4n) is 2.84. The molecule has 2 amide bonds. The van der Waals surface area contributed by atoms with Gasteiger partial charge in [0.1, 0.15) is 11.5 Å². The first-order valence-corrected chi connectivity index (χ1v) is 7.32. The normalized spacial score (nSPS) is 13.9. The largest absolute Gasteiger partial charge is 0.496 e. The summed E-state index contributed by atoms with van der Waals surface area (Å²) in [5.74, 6) is 0.371. The number of rotatable bonds is 4. The van der Waals surface area contributed by atoms with Gasteiger partial charge in [0.15, 0.2) is 0 Å². The molecular formula is C17H18N2O4. The second-order valence-electron chi connectivity index (χ2n) is 5.61. The number of carbonyl (C=O) groups excluding carboxylic acids is 2. The maximum Gasteiger partial charge on any atom is 0.276 e. The van der Waals surface area contributed by atoms with Gasteiger partial charge in [0.25, 0.3) is 11.8 Å². The van der Waals surface area contributed by atoms with E-state index in [4.69, 9.17) is 9.47 Å². The third-order valence-corrected chi connectivity index (χ3v) is 3.78. The van der Waals surface area contributed by atoms with Gasteiger partial charge in [0.2, 0.25) is 0 Å². The molecule has 0 bridgehead atoms. The number of nitrogens with one attached hydrogen (secondary N) is 1. The molecule has 0 atom stereocenters. The van der Waals surface area contributed by atoms with Crippen molar-refractivity contribution in [3.05, 3.63) is 35.4 Å². The predicted octanol–water partition coefficient (Wildman–Crippen LogP) is 2.37. The molecule has 0 radical (unpaired) electrons. The van der Waals surface area contributed by atoms with E-state index in [0.29, 0.717) is 33.4 Å². The lowest BCUT2D eigenvalue weighted by atomic mass is 9.93. The lowest BCUT2D eigenvalue weighted by Gasteiger charge is -2.29. The Bertz CT molecular complexity index is 755. The summed E-state index contributed by atoms with van der Waals surface area (Å²) in [4.78, 5) is 25.4. The molecule has 1 aliphatic rings. The fourth-order valence-corrected chi connectivity index (χ4v) is 2.84. The Morgan fingerprint density at radius 2 is 1.35 bits per heavy atom. The van der Waals surface area contributed by atoms with Crippen LogP contribution in [0.15, 0.2) is 24.3 Å². The first-order valence-electron chi connectivity index (χ1n) is 7.32. The second-order valence-corrected chi connectivity index (χ2v) is 5.61. The van der Waals surface area contributed by atoms with E-state index >= 15 is 0 Å². The second kappa shape index (κ2) is 5.55. The molecule has 2 aromatic carbocycles. The van der Waals surface area contributed by atoms with E-state index in [-0.39, 0.29) is 17.9 Å². The maximum atomic E-state index is 12.7. The number of amides is 2. The molecule has 23 heavy (non-hydrogen) atoms. The van der Waals surface area contributed by atoms with Crippen molar-refractivity contribution in [2.75, 3.05) is 14.2 Å². The van der Waals surface area contributed by atoms with Crippen molar-refractivity contribution in [1.29, 1.82) is 0 Å². The number of hydrogen-bond donors (Lipinski definition) is 1. The van der Waals surface area contributed by atoms with Gasteiger partial charge < -0.3 is 9.47 Å². The Balaban J connectivity index is 2.33. The lowest BCUT2D eigenvalue weighted by molar-refractivity contribution is 0.0498. The average molecular weight is 314 g/mol. The molecule has 0 aliphatic carbocycles. The van der Waals surface area contributed by atoms with Crippen molar-refractivity contribution < 1.29 is 19.1 Å². The highest BCUT2D eigenvalue weighted by molar-refractivity contribution is 6.26. The molecule has 6 heteroatoms. The van der Waals surface area contributed by atoms with E-state index < -0.39 is 0 Å². The summed E-state index contributed by atoms with van der Waals surface area (Å²) in [6, 6.07) is 6.73. The van der Waals surface area contributed by atoms with Crippen LogP contribution >= 0.6 is 0 Å². The number of benzene rings is 2. The monoisotopic (exact) mass is 314 g/mol. The van der Waals surface area contributed by atoms with E-state index in [1.165, 1.54) is 0 Å². The third kappa shape index (κ3) is 2.22. The van der Waals surface area contributed by atoms with E-state index in [1.54, 1.807) is 38.5 Å². The van der Waals surface area contributed by atoms with Crippen molar-refractivity contribution in [2.24, 2.45) is 0 Å². The summed E-state index contributed by atoms with van der Waals surface area (Å²) in [5, 5.41) is 2.28. The first kappa shape index (κ1) is 15.3. The Morgan fingerprint density at radius 3 is 1.74 bits per heavy atom. The van der Waals surface area contributed by atoms with Gasteiger partial charge in [-0.25, -0.2) is 10.4 Å². The van der Waals surface area contributed by atoms with Crippen LogP contribution in [0.3, 0.4) is 0 Å². The molecule has 0 aromatic heterocycles. The van der Waals surface area contributed by atoms with E-state index in [0.717, 1.165) is 5.01 Å². The minimum Gasteiger partial charge on any atom is -0.496 e. The molecule has 1 aliphatic heterocycles. The van der Waals surface area contributed by atoms with Crippen LogP contribution in [0.5, 0.6) is 11.5 Å². The summed E-state index contributed by atoms with van der Waals surface area (Å²) < 4.78 is 10.8. The van der Waals surface area contributed by atoms with Gasteiger partial charge in [-0.2, -0.15) is 0 Å². The van der Waals surface area contributed by atoms with E-state index in [9.17, 15) is 9.59 Å². The molecule has 120 valence electrons. The molecule has 1 N–H and O–H groups in total. The van der Waals surface area contributed by atoms with Crippen molar-refractivity contribution >= 4 is 22.6 Å². The quantitative estimate of drug-likeness (QED) is 0.878. The molecule has 2 aromatic rings. The summed E-state index contributed by atoms with van der Waals surface area (Å²) in [6.07, 6.45) is 0. The molecule has 1 heterocycles. The van der Waals surface area contributed by atoms with Gasteiger partial charge in [-0.05, 0) is 38.1 Å². The van der Waals surface area contributed by atoms with Crippen LogP contribution in [0.2, 0.25) is 0 Å². The summed E-state index contributed by atoms with van der Waals surface area (Å²) in [6.45, 7) is 3.74. The van der Waals surface area contributed by atoms with Gasteiger partial charge in [0.05, 0.1) is 30.7 Å². The number of methoxy groups -OCH3 is 2. The molecule has 3 rings (SSSR count). The van der Waals surface area contributed by atoms with Crippen molar-refractivity contribution in [2.45, 2.75) is 19.9 Å². The molecule has 0 spiro atoms. The van der Waals surface area contributed by atoms with Gasteiger partial charge in [-0.1, -0.05) is 0 Å². The Labute approximate surface area is 133 Å². The lowest BCUT2D eigenvalue weighted by Crippen LogP contribution is -2.51. The van der Waals surface area contributed by atoms with Crippen LogP contribution in [0.4, 0.5) is 0 Å². The van der Waals surface area contributed by atoms with Crippen LogP contribution in [-0.2, 0) is 0 Å². The van der Waals surface area contributed by atoms with Crippen LogP contribution in [0.25, 0.3) is 10.8 Å². The molecule has 0 unspecified atom stereocenters. The molecular weight excluding hydrogens is 296 g/mol. The topological polar surface area (TPSA) is 67.9 Å². The minimum atomic E-state index is -0.378. The number of hydrogen-bond acceptors (Lipinski definition) is 5. The first-order chi connectivity index (χ1) is 11.0. The molecule has 0 fully saturated rings. The maximum absolute atomic E-state index is 12.7. The number of hydrazine groups is 1. The third-order valence-electron chi connectivity index (χ3n) is 3.78. The van der Waals surface area contributed by atoms with Gasteiger partial charge >= 0.3 is 0 Å². The van der Waals surface area contributed by atoms with Crippen molar-refractivity contribution in [3.63, 3.8) is 0 Å². The minimum absolute atomic E-state index is 0.0450. The zero-order chi connectivity index (χ0) is 16.7. The van der Waals surface area contributed by atoms with Crippen LogP contribution in [-0.4, -0.2) is 37.1 Å². The van der Waals surface area contributed by atoms with Gasteiger partial charge in [-0.3, -0.25) is 9.59 Å². The van der Waals surface area contributed by atoms with E-state index in [2.05, 4.69) is 5.43 Å². The number of imide groups is 1. The van der Waals surface area contributed by atoms with Crippen LogP contribution < -0.4 is 14.9 Å². The van der Waals surface area contributed by atoms with Crippen molar-refractivity contribution in [3.8, 4) is 11.5 Å².